The molecule has 1 heterocycles. The molecular weight excluding hydrogens is 487 g/mol. The second-order valence-electron chi connectivity index (χ2n) is 8.06. The van der Waals surface area contributed by atoms with Crippen LogP contribution in [0.4, 0.5) is 0 Å². The van der Waals surface area contributed by atoms with Crippen molar-refractivity contribution < 1.29 is 4.79 Å². The Labute approximate surface area is 213 Å². The molecule has 0 aliphatic carbocycles. The Morgan fingerprint density at radius 2 is 1.82 bits per heavy atom. The van der Waals surface area contributed by atoms with E-state index < -0.39 is 6.04 Å². The second kappa shape index (κ2) is 10.6. The van der Waals surface area contributed by atoms with Gasteiger partial charge in [0.1, 0.15) is 0 Å². The van der Waals surface area contributed by atoms with E-state index in [1.807, 2.05) is 48.7 Å². The maximum atomic E-state index is 12.9. The lowest BCUT2D eigenvalue weighted by atomic mass is 10.1. The number of benzene rings is 3. The first-order valence-electron chi connectivity index (χ1n) is 10.8. The SMILES string of the molecule is Cc1cccc(CSc2nnc(C(C)NC(=O)c3ccccc3C)n2-c2ccc(Cl)cc2Cl)c1. The van der Waals surface area contributed by atoms with Gasteiger partial charge in [-0.25, -0.2) is 0 Å². The van der Waals surface area contributed by atoms with E-state index in [0.717, 1.165) is 11.3 Å². The Morgan fingerprint density at radius 1 is 1.03 bits per heavy atom. The molecule has 0 fully saturated rings. The Hall–Kier alpha value is -2.80. The third-order valence-electron chi connectivity index (χ3n) is 5.38. The Balaban J connectivity index is 1.67. The molecule has 0 bridgehead atoms. The average molecular weight is 511 g/mol. The van der Waals surface area contributed by atoms with Crippen LogP contribution >= 0.6 is 35.0 Å². The van der Waals surface area contributed by atoms with Crippen molar-refractivity contribution in [2.24, 2.45) is 0 Å². The van der Waals surface area contributed by atoms with E-state index in [-0.39, 0.29) is 5.91 Å². The Kier molecular flexibility index (Phi) is 7.61. The van der Waals surface area contributed by atoms with E-state index in [2.05, 4.69) is 40.6 Å². The number of halogens is 2. The number of nitrogens with zero attached hydrogens (tertiary/aromatic N) is 3. The van der Waals surface area contributed by atoms with E-state index >= 15 is 0 Å². The van der Waals surface area contributed by atoms with Gasteiger partial charge in [-0.05, 0) is 56.2 Å². The molecule has 4 rings (SSSR count). The molecule has 1 unspecified atom stereocenters. The van der Waals surface area contributed by atoms with Gasteiger partial charge in [0.15, 0.2) is 11.0 Å². The maximum Gasteiger partial charge on any atom is 0.252 e. The molecule has 0 saturated heterocycles. The minimum Gasteiger partial charge on any atom is -0.342 e. The Morgan fingerprint density at radius 3 is 2.56 bits per heavy atom. The number of carbonyl (C=O) groups is 1. The number of carbonyl (C=O) groups excluding carboxylic acids is 1. The number of hydrogen-bond donors (Lipinski definition) is 1. The van der Waals surface area contributed by atoms with Crippen LogP contribution in [-0.2, 0) is 5.75 Å². The first kappa shape index (κ1) is 24.3. The summed E-state index contributed by atoms with van der Waals surface area (Å²) in [6.45, 7) is 5.87. The number of rotatable bonds is 7. The van der Waals surface area contributed by atoms with Crippen molar-refractivity contribution in [3.05, 3.63) is 105 Å². The third-order valence-corrected chi connectivity index (χ3v) is 6.92. The van der Waals surface area contributed by atoms with Crippen molar-refractivity contribution in [1.29, 1.82) is 0 Å². The van der Waals surface area contributed by atoms with Gasteiger partial charge in [0, 0.05) is 16.3 Å². The highest BCUT2D eigenvalue weighted by atomic mass is 35.5. The molecule has 1 amide bonds. The standard InChI is InChI=1S/C26H24Cl2N4OS/c1-16-7-6-9-19(13-16)15-34-26-31-30-24(32(26)23-12-11-20(27)14-22(23)28)18(3)29-25(33)21-10-5-4-8-17(21)2/h4-14,18H,15H2,1-3H3,(H,29,33). The summed E-state index contributed by atoms with van der Waals surface area (Å²) in [4.78, 5) is 12.9. The first-order chi connectivity index (χ1) is 16.3. The van der Waals surface area contributed by atoms with Crippen molar-refractivity contribution in [3.8, 4) is 5.69 Å². The Bertz CT molecular complexity index is 1340. The molecule has 4 aromatic rings. The fraction of sp³-hybridized carbons (Fsp3) is 0.192. The van der Waals surface area contributed by atoms with Gasteiger partial charge in [0.2, 0.25) is 0 Å². The molecule has 0 aliphatic rings. The fourth-order valence-electron chi connectivity index (χ4n) is 3.66. The summed E-state index contributed by atoms with van der Waals surface area (Å²) >= 11 is 14.3. The summed E-state index contributed by atoms with van der Waals surface area (Å²) in [6.07, 6.45) is 0. The number of thioether (sulfide) groups is 1. The molecule has 34 heavy (non-hydrogen) atoms. The largest absolute Gasteiger partial charge is 0.342 e. The minimum atomic E-state index is -0.417. The number of aromatic nitrogens is 3. The van der Waals surface area contributed by atoms with Crippen LogP contribution in [0.5, 0.6) is 0 Å². The van der Waals surface area contributed by atoms with Crippen LogP contribution in [0.2, 0.25) is 10.0 Å². The lowest BCUT2D eigenvalue weighted by Gasteiger charge is -2.18. The molecule has 174 valence electrons. The van der Waals surface area contributed by atoms with Crippen LogP contribution in [0.1, 0.15) is 45.8 Å². The summed E-state index contributed by atoms with van der Waals surface area (Å²) in [5.74, 6) is 1.13. The predicted octanol–water partition coefficient (Wildman–Crippen LogP) is 6.97. The van der Waals surface area contributed by atoms with E-state index in [1.165, 1.54) is 11.1 Å². The van der Waals surface area contributed by atoms with Crippen LogP contribution in [-0.4, -0.2) is 20.7 Å². The number of aryl methyl sites for hydroxylation is 2. The van der Waals surface area contributed by atoms with Crippen LogP contribution < -0.4 is 5.32 Å². The highest BCUT2D eigenvalue weighted by Crippen LogP contribution is 2.32. The molecule has 0 saturated carbocycles. The summed E-state index contributed by atoms with van der Waals surface area (Å²) in [7, 11) is 0. The smallest absolute Gasteiger partial charge is 0.252 e. The van der Waals surface area contributed by atoms with Crippen LogP contribution in [0.15, 0.2) is 71.9 Å². The summed E-state index contributed by atoms with van der Waals surface area (Å²) in [6, 6.07) is 20.7. The van der Waals surface area contributed by atoms with E-state index in [9.17, 15) is 4.79 Å². The van der Waals surface area contributed by atoms with Gasteiger partial charge in [0.25, 0.3) is 5.91 Å². The predicted molar refractivity (Wildman–Crippen MR) is 139 cm³/mol. The van der Waals surface area contributed by atoms with Gasteiger partial charge in [0.05, 0.1) is 16.8 Å². The van der Waals surface area contributed by atoms with Crippen molar-refractivity contribution in [3.63, 3.8) is 0 Å². The zero-order chi connectivity index (χ0) is 24.2. The van der Waals surface area contributed by atoms with Gasteiger partial charge in [-0.1, -0.05) is 83.0 Å². The number of nitrogens with one attached hydrogen (secondary N) is 1. The molecule has 5 nitrogen and oxygen atoms in total. The van der Waals surface area contributed by atoms with Crippen LogP contribution in [0.3, 0.4) is 0 Å². The van der Waals surface area contributed by atoms with Crippen molar-refractivity contribution in [1.82, 2.24) is 20.1 Å². The zero-order valence-corrected chi connectivity index (χ0v) is 21.4. The second-order valence-corrected chi connectivity index (χ2v) is 9.85. The highest BCUT2D eigenvalue weighted by molar-refractivity contribution is 7.98. The summed E-state index contributed by atoms with van der Waals surface area (Å²) in [5, 5.41) is 13.6. The van der Waals surface area contributed by atoms with Crippen molar-refractivity contribution >= 4 is 40.9 Å². The van der Waals surface area contributed by atoms with Crippen LogP contribution in [0, 0.1) is 13.8 Å². The maximum absolute atomic E-state index is 12.9. The quantitative estimate of drug-likeness (QED) is 0.272. The van der Waals surface area contributed by atoms with Crippen molar-refractivity contribution in [2.45, 2.75) is 37.7 Å². The molecule has 8 heteroatoms. The zero-order valence-electron chi connectivity index (χ0n) is 19.0. The van der Waals surface area contributed by atoms with Gasteiger partial charge >= 0.3 is 0 Å². The number of hydrogen-bond acceptors (Lipinski definition) is 4. The third kappa shape index (κ3) is 5.46. The van der Waals surface area contributed by atoms with Crippen molar-refractivity contribution in [2.75, 3.05) is 0 Å². The van der Waals surface area contributed by atoms with Gasteiger partial charge in [-0.15, -0.1) is 10.2 Å². The van der Waals surface area contributed by atoms with Gasteiger partial charge < -0.3 is 5.32 Å². The normalized spacial score (nSPS) is 11.9. The van der Waals surface area contributed by atoms with E-state index in [1.54, 1.807) is 30.0 Å². The monoisotopic (exact) mass is 510 g/mol. The summed E-state index contributed by atoms with van der Waals surface area (Å²) < 4.78 is 1.89. The molecular formula is C26H24Cl2N4OS. The molecule has 0 spiro atoms. The lowest BCUT2D eigenvalue weighted by Crippen LogP contribution is -2.29. The van der Waals surface area contributed by atoms with Gasteiger partial charge in [-0.2, -0.15) is 0 Å². The molecule has 1 N–H and O–H groups in total. The highest BCUT2D eigenvalue weighted by Gasteiger charge is 2.23. The first-order valence-corrected chi connectivity index (χ1v) is 12.5. The molecule has 3 aromatic carbocycles. The van der Waals surface area contributed by atoms with Gasteiger partial charge in [-0.3, -0.25) is 9.36 Å². The lowest BCUT2D eigenvalue weighted by molar-refractivity contribution is 0.0937. The minimum absolute atomic E-state index is 0.170. The molecule has 1 aromatic heterocycles. The van der Waals surface area contributed by atoms with E-state index in [4.69, 9.17) is 23.2 Å². The number of amides is 1. The molecule has 0 aliphatic heterocycles. The topological polar surface area (TPSA) is 59.8 Å². The van der Waals surface area contributed by atoms with Crippen LogP contribution in [0.25, 0.3) is 5.69 Å². The van der Waals surface area contributed by atoms with E-state index in [0.29, 0.717) is 32.3 Å². The fourth-order valence-corrected chi connectivity index (χ4v) is 5.05. The molecule has 0 radical (unpaired) electrons. The summed E-state index contributed by atoms with van der Waals surface area (Å²) in [5.41, 5.74) is 4.62. The molecule has 1 atom stereocenters. The average Bonchev–Trinajstić information content (AvgIpc) is 3.22.